The summed E-state index contributed by atoms with van der Waals surface area (Å²) in [4.78, 5) is 10.7. The predicted octanol–water partition coefficient (Wildman–Crippen LogP) is 0.641. The molecule has 2 atom stereocenters. The van der Waals surface area contributed by atoms with Crippen LogP contribution in [0.4, 0.5) is 0 Å². The highest BCUT2D eigenvalue weighted by molar-refractivity contribution is 7.89. The van der Waals surface area contributed by atoms with Gasteiger partial charge in [0.15, 0.2) is 0 Å². The second kappa shape index (κ2) is 7.70. The van der Waals surface area contributed by atoms with Crippen LogP contribution >= 0.6 is 0 Å². The zero-order chi connectivity index (χ0) is 14.3. The van der Waals surface area contributed by atoms with Crippen LogP contribution in [0.2, 0.25) is 0 Å². The maximum atomic E-state index is 11.9. The van der Waals surface area contributed by atoms with Gasteiger partial charge < -0.3 is 9.84 Å². The molecule has 1 N–H and O–H groups in total. The van der Waals surface area contributed by atoms with Crippen molar-refractivity contribution in [3.05, 3.63) is 0 Å². The maximum absolute atomic E-state index is 11.9. The van der Waals surface area contributed by atoms with Gasteiger partial charge in [-0.15, -0.1) is 0 Å². The van der Waals surface area contributed by atoms with Gasteiger partial charge in [0, 0.05) is 20.2 Å². The van der Waals surface area contributed by atoms with Crippen LogP contribution in [0.3, 0.4) is 0 Å². The van der Waals surface area contributed by atoms with Crippen molar-refractivity contribution in [3.63, 3.8) is 0 Å². The van der Waals surface area contributed by atoms with Gasteiger partial charge in [-0.1, -0.05) is 13.8 Å². The summed E-state index contributed by atoms with van der Waals surface area (Å²) in [6.45, 7) is 6.05. The van der Waals surface area contributed by atoms with Crippen LogP contribution in [0, 0.1) is 11.8 Å². The number of nitrogens with zero attached hydrogens (tertiary/aromatic N) is 1. The molecule has 0 amide bonds. The fourth-order valence-corrected chi connectivity index (χ4v) is 2.95. The predicted molar refractivity (Wildman–Crippen MR) is 68.9 cm³/mol. The number of hydrogen-bond donors (Lipinski definition) is 1. The molecule has 0 spiro atoms. The van der Waals surface area contributed by atoms with Gasteiger partial charge in [0.1, 0.15) is 0 Å². The minimum Gasteiger partial charge on any atom is -0.481 e. The van der Waals surface area contributed by atoms with Crippen LogP contribution in [0.5, 0.6) is 0 Å². The van der Waals surface area contributed by atoms with Crippen molar-refractivity contribution in [3.8, 4) is 0 Å². The summed E-state index contributed by atoms with van der Waals surface area (Å²) in [6.07, 6.45) is 0. The van der Waals surface area contributed by atoms with Crippen LogP contribution in [-0.2, 0) is 19.6 Å². The summed E-state index contributed by atoms with van der Waals surface area (Å²) in [5.74, 6) is -1.86. The Bertz CT molecular complexity index is 354. The van der Waals surface area contributed by atoms with Gasteiger partial charge in [0.2, 0.25) is 10.0 Å². The number of aliphatic carboxylic acids is 1. The van der Waals surface area contributed by atoms with E-state index in [0.717, 1.165) is 4.31 Å². The molecule has 2 unspecified atom stereocenters. The monoisotopic (exact) mass is 281 g/mol. The Hall–Kier alpha value is -0.660. The lowest BCUT2D eigenvalue weighted by Gasteiger charge is -2.21. The molecule has 0 aliphatic carbocycles. The summed E-state index contributed by atoms with van der Waals surface area (Å²) in [7, 11) is -2.02. The molecule has 0 aliphatic rings. The van der Waals surface area contributed by atoms with E-state index in [0.29, 0.717) is 13.2 Å². The van der Waals surface area contributed by atoms with Crippen molar-refractivity contribution >= 4 is 16.0 Å². The highest BCUT2D eigenvalue weighted by Gasteiger charge is 2.24. The summed E-state index contributed by atoms with van der Waals surface area (Å²) in [5, 5.41) is 8.75. The van der Waals surface area contributed by atoms with Gasteiger partial charge in [-0.3, -0.25) is 4.79 Å². The number of carboxylic acid groups (broad SMARTS) is 1. The normalized spacial score (nSPS) is 15.6. The first-order valence-corrected chi connectivity index (χ1v) is 7.56. The smallest absolute Gasteiger partial charge is 0.307 e. The molecule has 0 saturated heterocycles. The molecule has 0 rings (SSSR count). The standard InChI is InChI=1S/C11H23NO5S/c1-5-17-7-9(2)8-18(15,16)12(4)6-10(3)11(13)14/h9-10H,5-8H2,1-4H3,(H,13,14). The van der Waals surface area contributed by atoms with E-state index in [1.54, 1.807) is 6.92 Å². The maximum Gasteiger partial charge on any atom is 0.307 e. The average Bonchev–Trinajstić information content (AvgIpc) is 2.25. The molecule has 6 nitrogen and oxygen atoms in total. The minimum absolute atomic E-state index is 0.0149. The number of ether oxygens (including phenoxy) is 1. The lowest BCUT2D eigenvalue weighted by molar-refractivity contribution is -0.141. The third-order valence-corrected chi connectivity index (χ3v) is 4.62. The zero-order valence-corrected chi connectivity index (χ0v) is 12.2. The summed E-state index contributed by atoms with van der Waals surface area (Å²) >= 11 is 0. The van der Waals surface area contributed by atoms with Crippen molar-refractivity contribution in [2.75, 3.05) is 32.6 Å². The van der Waals surface area contributed by atoms with E-state index < -0.39 is 21.9 Å². The van der Waals surface area contributed by atoms with E-state index >= 15 is 0 Å². The first-order valence-electron chi connectivity index (χ1n) is 5.95. The van der Waals surface area contributed by atoms with Crippen molar-refractivity contribution in [1.29, 1.82) is 0 Å². The Morgan fingerprint density at radius 3 is 2.39 bits per heavy atom. The molecule has 0 bridgehead atoms. The SMILES string of the molecule is CCOCC(C)CS(=O)(=O)N(C)CC(C)C(=O)O. The number of carboxylic acids is 1. The summed E-state index contributed by atoms with van der Waals surface area (Å²) < 4.78 is 30.1. The summed E-state index contributed by atoms with van der Waals surface area (Å²) in [5.41, 5.74) is 0. The molecule has 0 heterocycles. The van der Waals surface area contributed by atoms with E-state index in [-0.39, 0.29) is 18.2 Å². The van der Waals surface area contributed by atoms with Crippen LogP contribution in [-0.4, -0.2) is 56.4 Å². The lowest BCUT2D eigenvalue weighted by atomic mass is 10.2. The Balaban J connectivity index is 4.39. The van der Waals surface area contributed by atoms with Gasteiger partial charge in [0.05, 0.1) is 18.3 Å². The van der Waals surface area contributed by atoms with Crippen LogP contribution < -0.4 is 0 Å². The molecular formula is C11H23NO5S. The fourth-order valence-electron chi connectivity index (χ4n) is 1.43. The molecule has 7 heteroatoms. The van der Waals surface area contributed by atoms with Crippen molar-refractivity contribution in [2.45, 2.75) is 20.8 Å². The molecule has 108 valence electrons. The molecule has 0 aromatic rings. The molecule has 0 radical (unpaired) electrons. The number of hydrogen-bond acceptors (Lipinski definition) is 4. The Kier molecular flexibility index (Phi) is 7.42. The number of rotatable bonds is 9. The fraction of sp³-hybridized carbons (Fsp3) is 0.909. The quantitative estimate of drug-likeness (QED) is 0.670. The Labute approximate surface area is 109 Å². The molecule has 0 aliphatic heterocycles. The van der Waals surface area contributed by atoms with Crippen molar-refractivity contribution in [1.82, 2.24) is 4.31 Å². The molecule has 18 heavy (non-hydrogen) atoms. The first kappa shape index (κ1) is 17.3. The van der Waals surface area contributed by atoms with Crippen molar-refractivity contribution < 1.29 is 23.1 Å². The van der Waals surface area contributed by atoms with Crippen molar-refractivity contribution in [2.24, 2.45) is 11.8 Å². The molecular weight excluding hydrogens is 258 g/mol. The third kappa shape index (κ3) is 6.32. The number of sulfonamides is 1. The van der Waals surface area contributed by atoms with E-state index in [1.165, 1.54) is 14.0 Å². The molecule has 0 aromatic carbocycles. The Morgan fingerprint density at radius 2 is 1.94 bits per heavy atom. The van der Waals surface area contributed by atoms with Crippen LogP contribution in [0.15, 0.2) is 0 Å². The third-order valence-electron chi connectivity index (χ3n) is 2.53. The van der Waals surface area contributed by atoms with Gasteiger partial charge in [0.25, 0.3) is 0 Å². The second-order valence-electron chi connectivity index (χ2n) is 4.56. The topological polar surface area (TPSA) is 83.9 Å². The van der Waals surface area contributed by atoms with Gasteiger partial charge in [-0.25, -0.2) is 12.7 Å². The van der Waals surface area contributed by atoms with E-state index in [4.69, 9.17) is 9.84 Å². The Morgan fingerprint density at radius 1 is 1.39 bits per heavy atom. The largest absolute Gasteiger partial charge is 0.481 e. The van der Waals surface area contributed by atoms with Gasteiger partial charge in [-0.05, 0) is 12.8 Å². The highest BCUT2D eigenvalue weighted by Crippen LogP contribution is 2.09. The lowest BCUT2D eigenvalue weighted by Crippen LogP contribution is -2.37. The molecule has 0 fully saturated rings. The average molecular weight is 281 g/mol. The van der Waals surface area contributed by atoms with Crippen LogP contribution in [0.25, 0.3) is 0 Å². The van der Waals surface area contributed by atoms with Gasteiger partial charge >= 0.3 is 5.97 Å². The van der Waals surface area contributed by atoms with Crippen LogP contribution in [0.1, 0.15) is 20.8 Å². The van der Waals surface area contributed by atoms with E-state index in [9.17, 15) is 13.2 Å². The first-order chi connectivity index (χ1) is 8.20. The zero-order valence-electron chi connectivity index (χ0n) is 11.4. The second-order valence-corrected chi connectivity index (χ2v) is 6.68. The highest BCUT2D eigenvalue weighted by atomic mass is 32.2. The molecule has 0 aromatic heterocycles. The van der Waals surface area contributed by atoms with Gasteiger partial charge in [-0.2, -0.15) is 0 Å². The van der Waals surface area contributed by atoms with E-state index in [1.807, 2.05) is 6.92 Å². The van der Waals surface area contributed by atoms with E-state index in [2.05, 4.69) is 0 Å². The minimum atomic E-state index is -3.43. The molecule has 0 saturated carbocycles. The summed E-state index contributed by atoms with van der Waals surface area (Å²) in [6, 6.07) is 0. The number of carbonyl (C=O) groups is 1.